The van der Waals surface area contributed by atoms with E-state index in [0.717, 1.165) is 12.1 Å². The van der Waals surface area contributed by atoms with Crippen molar-refractivity contribution in [2.75, 3.05) is 11.1 Å². The van der Waals surface area contributed by atoms with Crippen molar-refractivity contribution in [2.24, 2.45) is 0 Å². The molecule has 0 aliphatic carbocycles. The maximum absolute atomic E-state index is 12.9. The van der Waals surface area contributed by atoms with Crippen molar-refractivity contribution in [3.63, 3.8) is 0 Å². The molecule has 1 aromatic carbocycles. The smallest absolute Gasteiger partial charge is 0.382 e. The molecule has 1 amide bonds. The lowest BCUT2D eigenvalue weighted by Crippen LogP contribution is -2.21. The van der Waals surface area contributed by atoms with Crippen LogP contribution in [0, 0.1) is 0 Å². The van der Waals surface area contributed by atoms with Crippen LogP contribution < -0.4 is 11.1 Å². The highest BCUT2D eigenvalue weighted by Crippen LogP contribution is 2.36. The molecule has 0 bridgehead atoms. The van der Waals surface area contributed by atoms with Gasteiger partial charge < -0.3 is 11.1 Å². The molecule has 112 valence electrons. The minimum Gasteiger partial charge on any atom is -0.382 e. The zero-order valence-electron chi connectivity index (χ0n) is 10.5. The van der Waals surface area contributed by atoms with Crippen LogP contribution in [0.2, 0.25) is 5.02 Å². The molecule has 9 heteroatoms. The van der Waals surface area contributed by atoms with E-state index in [9.17, 15) is 18.0 Å². The molecule has 0 spiro atoms. The third kappa shape index (κ3) is 3.88. The first-order valence-electron chi connectivity index (χ1n) is 5.71. The summed E-state index contributed by atoms with van der Waals surface area (Å²) < 4.78 is 39.8. The molecular formula is C12H10ClF3N4O. The Morgan fingerprint density at radius 1 is 1.38 bits per heavy atom. The van der Waals surface area contributed by atoms with Crippen LogP contribution in [0.25, 0.3) is 0 Å². The molecule has 0 fully saturated rings. The van der Waals surface area contributed by atoms with Gasteiger partial charge >= 0.3 is 6.18 Å². The van der Waals surface area contributed by atoms with Gasteiger partial charge in [0.15, 0.2) is 0 Å². The van der Waals surface area contributed by atoms with Gasteiger partial charge in [-0.1, -0.05) is 11.6 Å². The summed E-state index contributed by atoms with van der Waals surface area (Å²) in [5, 5.41) is 5.88. The second-order valence-corrected chi connectivity index (χ2v) is 4.61. The van der Waals surface area contributed by atoms with Gasteiger partial charge in [-0.3, -0.25) is 9.48 Å². The standard InChI is InChI=1S/C12H10ClF3N4O/c13-7-1-2-9(8(5-7)12(14,15)16)18-11(21)6-20-4-3-10(17)19-20/h1-5H,6H2,(H2,17,19)(H,18,21). The van der Waals surface area contributed by atoms with Gasteiger partial charge in [0.05, 0.1) is 11.3 Å². The van der Waals surface area contributed by atoms with Crippen LogP contribution in [0.3, 0.4) is 0 Å². The van der Waals surface area contributed by atoms with Crippen LogP contribution in [-0.4, -0.2) is 15.7 Å². The lowest BCUT2D eigenvalue weighted by Gasteiger charge is -2.14. The first-order chi connectivity index (χ1) is 9.75. The van der Waals surface area contributed by atoms with Crippen molar-refractivity contribution < 1.29 is 18.0 Å². The molecule has 0 unspecified atom stereocenters. The molecule has 1 heterocycles. The maximum Gasteiger partial charge on any atom is 0.418 e. The van der Waals surface area contributed by atoms with Gasteiger partial charge in [0, 0.05) is 11.2 Å². The van der Waals surface area contributed by atoms with E-state index in [1.54, 1.807) is 0 Å². The van der Waals surface area contributed by atoms with Crippen LogP contribution in [-0.2, 0) is 17.5 Å². The second-order valence-electron chi connectivity index (χ2n) is 4.17. The number of carbonyl (C=O) groups is 1. The van der Waals surface area contributed by atoms with E-state index in [4.69, 9.17) is 17.3 Å². The first kappa shape index (κ1) is 15.2. The largest absolute Gasteiger partial charge is 0.418 e. The Balaban J connectivity index is 2.17. The number of nitrogen functional groups attached to an aromatic ring is 1. The number of anilines is 2. The molecule has 0 saturated heterocycles. The summed E-state index contributed by atoms with van der Waals surface area (Å²) in [5.41, 5.74) is 4.00. The van der Waals surface area contributed by atoms with E-state index < -0.39 is 17.6 Å². The van der Waals surface area contributed by atoms with Crippen molar-refractivity contribution in [2.45, 2.75) is 12.7 Å². The maximum atomic E-state index is 12.9. The number of nitrogens with zero attached hydrogens (tertiary/aromatic N) is 2. The summed E-state index contributed by atoms with van der Waals surface area (Å²) in [6.45, 7) is -0.253. The first-order valence-corrected chi connectivity index (χ1v) is 6.09. The third-order valence-corrected chi connectivity index (χ3v) is 2.76. The summed E-state index contributed by atoms with van der Waals surface area (Å²) in [6.07, 6.45) is -3.18. The third-order valence-electron chi connectivity index (χ3n) is 2.53. The van der Waals surface area contributed by atoms with Gasteiger partial charge in [0.1, 0.15) is 12.4 Å². The number of alkyl halides is 3. The molecule has 3 N–H and O–H groups in total. The van der Waals surface area contributed by atoms with Gasteiger partial charge in [-0.25, -0.2) is 0 Å². The van der Waals surface area contributed by atoms with Gasteiger partial charge in [-0.15, -0.1) is 0 Å². The molecule has 0 aliphatic heterocycles. The Morgan fingerprint density at radius 3 is 2.67 bits per heavy atom. The SMILES string of the molecule is Nc1ccn(CC(=O)Nc2ccc(Cl)cc2C(F)(F)F)n1. The molecule has 0 atom stereocenters. The Kier molecular flexibility index (Phi) is 4.08. The molecule has 1 aromatic heterocycles. The molecule has 21 heavy (non-hydrogen) atoms. The molecule has 2 aromatic rings. The molecular weight excluding hydrogens is 309 g/mol. The zero-order valence-corrected chi connectivity index (χ0v) is 11.2. The van der Waals surface area contributed by atoms with Crippen LogP contribution in [0.1, 0.15) is 5.56 Å². The molecule has 5 nitrogen and oxygen atoms in total. The van der Waals surface area contributed by atoms with Crippen molar-refractivity contribution in [1.82, 2.24) is 9.78 Å². The van der Waals surface area contributed by atoms with E-state index in [1.165, 1.54) is 23.0 Å². The van der Waals surface area contributed by atoms with Gasteiger partial charge in [0.25, 0.3) is 0 Å². The predicted octanol–water partition coefficient (Wildman–Crippen LogP) is 2.78. The zero-order chi connectivity index (χ0) is 15.6. The fraction of sp³-hybridized carbons (Fsp3) is 0.167. The van der Waals surface area contributed by atoms with Crippen LogP contribution in [0.15, 0.2) is 30.5 Å². The van der Waals surface area contributed by atoms with Gasteiger partial charge in [-0.05, 0) is 24.3 Å². The summed E-state index contributed by atoms with van der Waals surface area (Å²) in [7, 11) is 0. The average Bonchev–Trinajstić information content (AvgIpc) is 2.75. The van der Waals surface area contributed by atoms with Crippen LogP contribution >= 0.6 is 11.6 Å². The molecule has 0 aliphatic rings. The van der Waals surface area contributed by atoms with E-state index in [1.807, 2.05) is 0 Å². The number of amides is 1. The van der Waals surface area contributed by atoms with Crippen LogP contribution in [0.5, 0.6) is 0 Å². The fourth-order valence-electron chi connectivity index (χ4n) is 1.66. The van der Waals surface area contributed by atoms with E-state index in [-0.39, 0.29) is 23.1 Å². The summed E-state index contributed by atoms with van der Waals surface area (Å²) >= 11 is 5.55. The van der Waals surface area contributed by atoms with Crippen LogP contribution in [0.4, 0.5) is 24.7 Å². The second kappa shape index (κ2) is 5.65. The number of rotatable bonds is 3. The average molecular weight is 319 g/mol. The number of hydrogen-bond acceptors (Lipinski definition) is 3. The van der Waals surface area contributed by atoms with E-state index >= 15 is 0 Å². The van der Waals surface area contributed by atoms with Crippen molar-refractivity contribution >= 4 is 29.0 Å². The predicted molar refractivity (Wildman–Crippen MR) is 71.7 cm³/mol. The van der Waals surface area contributed by atoms with Gasteiger partial charge in [-0.2, -0.15) is 18.3 Å². The lowest BCUT2D eigenvalue weighted by molar-refractivity contribution is -0.137. The van der Waals surface area contributed by atoms with Crippen molar-refractivity contribution in [1.29, 1.82) is 0 Å². The highest BCUT2D eigenvalue weighted by atomic mass is 35.5. The quantitative estimate of drug-likeness (QED) is 0.914. The Hall–Kier alpha value is -2.22. The number of halogens is 4. The normalized spacial score (nSPS) is 11.4. The van der Waals surface area contributed by atoms with Crippen molar-refractivity contribution in [3.8, 4) is 0 Å². The number of nitrogens with one attached hydrogen (secondary N) is 1. The number of carbonyl (C=O) groups excluding carboxylic acids is 1. The Labute approximate surface area is 122 Å². The highest BCUT2D eigenvalue weighted by Gasteiger charge is 2.34. The summed E-state index contributed by atoms with van der Waals surface area (Å²) in [4.78, 5) is 11.7. The van der Waals surface area contributed by atoms with E-state index in [2.05, 4.69) is 10.4 Å². The number of nitrogens with two attached hydrogens (primary N) is 1. The fourth-order valence-corrected chi connectivity index (χ4v) is 1.83. The molecule has 0 radical (unpaired) electrons. The number of hydrogen-bond donors (Lipinski definition) is 2. The lowest BCUT2D eigenvalue weighted by atomic mass is 10.1. The Bertz CT molecular complexity index is 669. The monoisotopic (exact) mass is 318 g/mol. The minimum atomic E-state index is -4.62. The summed E-state index contributed by atoms with van der Waals surface area (Å²) in [6, 6.07) is 4.58. The van der Waals surface area contributed by atoms with Crippen molar-refractivity contribution in [3.05, 3.63) is 41.0 Å². The number of benzene rings is 1. The highest BCUT2D eigenvalue weighted by molar-refractivity contribution is 6.30. The van der Waals surface area contributed by atoms with Gasteiger partial charge in [0.2, 0.25) is 5.91 Å². The van der Waals surface area contributed by atoms with E-state index in [0.29, 0.717) is 0 Å². The summed E-state index contributed by atoms with van der Waals surface area (Å²) in [5.74, 6) is -0.448. The molecule has 0 saturated carbocycles. The topological polar surface area (TPSA) is 72.9 Å². The minimum absolute atomic E-state index is 0.0693. The number of aromatic nitrogens is 2. The molecule has 2 rings (SSSR count). The Morgan fingerprint density at radius 2 is 2.10 bits per heavy atom.